The van der Waals surface area contributed by atoms with Crippen molar-refractivity contribution in [1.82, 2.24) is 0 Å². The third kappa shape index (κ3) is 8.00. The SMILES string of the molecule is CCCCCC1CCC(c2cc(F)c(C3=CCC(C4CCC(c5cc(F)c(OC(F)(F)F)c(F)c5)CC4)CC3)c(F)c2)CC1. The normalized spacial score (nSPS) is 26.4. The van der Waals surface area contributed by atoms with Gasteiger partial charge in [-0.25, -0.2) is 17.6 Å². The molecular weight excluding hydrogens is 581 g/mol. The quantitative estimate of drug-likeness (QED) is 0.199. The molecule has 0 bridgehead atoms. The van der Waals surface area contributed by atoms with E-state index in [1.807, 2.05) is 6.08 Å². The van der Waals surface area contributed by atoms with Crippen molar-refractivity contribution in [3.05, 3.63) is 70.3 Å². The van der Waals surface area contributed by atoms with Gasteiger partial charge in [0.2, 0.25) is 5.75 Å². The first-order valence-corrected chi connectivity index (χ1v) is 16.4. The molecule has 2 aromatic carbocycles. The van der Waals surface area contributed by atoms with Crippen LogP contribution >= 0.6 is 0 Å². The zero-order valence-corrected chi connectivity index (χ0v) is 25.4. The maximum absolute atomic E-state index is 15.4. The van der Waals surface area contributed by atoms with E-state index in [1.165, 1.54) is 25.7 Å². The lowest BCUT2D eigenvalue weighted by Crippen LogP contribution is -2.23. The summed E-state index contributed by atoms with van der Waals surface area (Å²) in [6.45, 7) is 2.21. The first kappa shape index (κ1) is 32.9. The minimum absolute atomic E-state index is 0.103. The molecule has 0 amide bonds. The standard InChI is InChI=1S/C36H43F7O/c1-2-3-4-5-22-6-8-25(9-7-22)28-18-30(37)34(31(38)19-28)27-16-14-24(15-17-27)23-10-12-26(13-11-23)29-20-32(39)35(33(40)21-29)44-36(41,42)43/h16,18-26H,2-15,17H2,1H3. The molecule has 0 radical (unpaired) electrons. The average molecular weight is 625 g/mol. The molecule has 8 heteroatoms. The number of rotatable bonds is 9. The highest BCUT2D eigenvalue weighted by atomic mass is 19.4. The molecule has 5 rings (SSSR count). The molecule has 2 aromatic rings. The largest absolute Gasteiger partial charge is 0.573 e. The van der Waals surface area contributed by atoms with Gasteiger partial charge in [0.05, 0.1) is 0 Å². The molecule has 2 fully saturated rings. The van der Waals surface area contributed by atoms with Crippen molar-refractivity contribution < 1.29 is 35.5 Å². The van der Waals surface area contributed by atoms with E-state index in [9.17, 15) is 22.0 Å². The zero-order chi connectivity index (χ0) is 31.4. The molecule has 3 aliphatic rings. The van der Waals surface area contributed by atoms with Crippen LogP contribution in [0.25, 0.3) is 5.57 Å². The predicted molar refractivity (Wildman–Crippen MR) is 158 cm³/mol. The summed E-state index contributed by atoms with van der Waals surface area (Å²) in [6.07, 6.45) is 11.2. The summed E-state index contributed by atoms with van der Waals surface area (Å²) < 4.78 is 100. The highest BCUT2D eigenvalue weighted by molar-refractivity contribution is 5.67. The number of alkyl halides is 3. The van der Waals surface area contributed by atoms with Crippen molar-refractivity contribution in [2.24, 2.45) is 17.8 Å². The minimum Gasteiger partial charge on any atom is -0.399 e. The number of hydrogen-bond donors (Lipinski definition) is 0. The van der Waals surface area contributed by atoms with Gasteiger partial charge in [-0.2, -0.15) is 0 Å². The molecule has 0 saturated heterocycles. The molecule has 3 aliphatic carbocycles. The third-order valence-electron chi connectivity index (χ3n) is 10.5. The van der Waals surface area contributed by atoms with E-state index in [4.69, 9.17) is 0 Å². The number of hydrogen-bond acceptors (Lipinski definition) is 1. The zero-order valence-electron chi connectivity index (χ0n) is 25.4. The second-order valence-electron chi connectivity index (χ2n) is 13.3. The summed E-state index contributed by atoms with van der Waals surface area (Å²) in [5.74, 6) is -3.55. The smallest absolute Gasteiger partial charge is 0.399 e. The first-order valence-electron chi connectivity index (χ1n) is 16.4. The Morgan fingerprint density at radius 1 is 0.682 bits per heavy atom. The minimum atomic E-state index is -5.18. The predicted octanol–water partition coefficient (Wildman–Crippen LogP) is 12.2. The second-order valence-corrected chi connectivity index (χ2v) is 13.3. The Bertz CT molecular complexity index is 1250. The van der Waals surface area contributed by atoms with Crippen LogP contribution in [0.3, 0.4) is 0 Å². The lowest BCUT2D eigenvalue weighted by molar-refractivity contribution is -0.276. The molecule has 242 valence electrons. The van der Waals surface area contributed by atoms with Gasteiger partial charge in [-0.05, 0) is 141 Å². The van der Waals surface area contributed by atoms with E-state index in [1.54, 1.807) is 12.1 Å². The number of allylic oxidation sites excluding steroid dienone is 2. The monoisotopic (exact) mass is 624 g/mol. The van der Waals surface area contributed by atoms with Crippen molar-refractivity contribution in [2.45, 2.75) is 121 Å². The lowest BCUT2D eigenvalue weighted by atomic mass is 9.70. The summed E-state index contributed by atoms with van der Waals surface area (Å²) >= 11 is 0. The molecule has 0 spiro atoms. The molecule has 2 saturated carbocycles. The van der Waals surface area contributed by atoms with Gasteiger partial charge in [-0.3, -0.25) is 0 Å². The number of benzene rings is 2. The van der Waals surface area contributed by atoms with Gasteiger partial charge < -0.3 is 4.74 Å². The van der Waals surface area contributed by atoms with Gasteiger partial charge in [0.25, 0.3) is 0 Å². The average Bonchev–Trinajstić information content (AvgIpc) is 2.99. The van der Waals surface area contributed by atoms with E-state index in [-0.39, 0.29) is 17.4 Å². The lowest BCUT2D eigenvalue weighted by Gasteiger charge is -2.36. The Balaban J connectivity index is 1.15. The first-order chi connectivity index (χ1) is 21.0. The van der Waals surface area contributed by atoms with Crippen LogP contribution in [-0.4, -0.2) is 6.36 Å². The topological polar surface area (TPSA) is 9.23 Å². The Hall–Kier alpha value is -2.51. The molecule has 1 nitrogen and oxygen atoms in total. The van der Waals surface area contributed by atoms with Crippen LogP contribution in [0.5, 0.6) is 5.75 Å². The van der Waals surface area contributed by atoms with Crippen molar-refractivity contribution in [3.63, 3.8) is 0 Å². The molecule has 44 heavy (non-hydrogen) atoms. The van der Waals surface area contributed by atoms with Crippen LogP contribution < -0.4 is 4.74 Å². The summed E-state index contributed by atoms with van der Waals surface area (Å²) in [5.41, 5.74) is 1.95. The van der Waals surface area contributed by atoms with E-state index in [2.05, 4.69) is 11.7 Å². The fourth-order valence-electron chi connectivity index (χ4n) is 8.06. The van der Waals surface area contributed by atoms with Gasteiger partial charge >= 0.3 is 6.36 Å². The summed E-state index contributed by atoms with van der Waals surface area (Å²) in [6, 6.07) is 5.00. The number of unbranched alkanes of at least 4 members (excludes halogenated alkanes) is 2. The van der Waals surface area contributed by atoms with Gasteiger partial charge in [0.15, 0.2) is 11.6 Å². The summed E-state index contributed by atoms with van der Waals surface area (Å²) in [7, 11) is 0. The summed E-state index contributed by atoms with van der Waals surface area (Å²) in [4.78, 5) is 0. The molecule has 1 unspecified atom stereocenters. The van der Waals surface area contributed by atoms with Gasteiger partial charge in [0.1, 0.15) is 11.6 Å². The Morgan fingerprint density at radius 2 is 1.23 bits per heavy atom. The maximum Gasteiger partial charge on any atom is 0.573 e. The second kappa shape index (κ2) is 14.3. The van der Waals surface area contributed by atoms with Crippen molar-refractivity contribution >= 4 is 5.57 Å². The van der Waals surface area contributed by atoms with Crippen LogP contribution in [0.2, 0.25) is 0 Å². The van der Waals surface area contributed by atoms with E-state index in [0.717, 1.165) is 80.6 Å². The highest BCUT2D eigenvalue weighted by Gasteiger charge is 2.35. The van der Waals surface area contributed by atoms with Crippen LogP contribution in [0.15, 0.2) is 30.3 Å². The molecule has 0 N–H and O–H groups in total. The fraction of sp³-hybridized carbons (Fsp3) is 0.611. The van der Waals surface area contributed by atoms with Crippen molar-refractivity contribution in [3.8, 4) is 5.75 Å². The Kier molecular flexibility index (Phi) is 10.7. The number of ether oxygens (including phenoxy) is 1. The Morgan fingerprint density at radius 3 is 1.73 bits per heavy atom. The molecule has 0 heterocycles. The summed E-state index contributed by atoms with van der Waals surface area (Å²) in [5, 5.41) is 0. The molecule has 0 aromatic heterocycles. The van der Waals surface area contributed by atoms with Crippen molar-refractivity contribution in [2.75, 3.05) is 0 Å². The Labute approximate surface area is 256 Å². The van der Waals surface area contributed by atoms with Crippen LogP contribution in [-0.2, 0) is 0 Å². The fourth-order valence-corrected chi connectivity index (χ4v) is 8.06. The molecule has 0 aliphatic heterocycles. The number of halogens is 7. The van der Waals surface area contributed by atoms with E-state index in [0.29, 0.717) is 36.7 Å². The molecule has 1 atom stereocenters. The third-order valence-corrected chi connectivity index (χ3v) is 10.5. The highest BCUT2D eigenvalue weighted by Crippen LogP contribution is 2.46. The van der Waals surface area contributed by atoms with Crippen molar-refractivity contribution in [1.29, 1.82) is 0 Å². The van der Waals surface area contributed by atoms with E-state index < -0.39 is 35.4 Å². The van der Waals surface area contributed by atoms with Crippen LogP contribution in [0, 0.1) is 41.0 Å². The van der Waals surface area contributed by atoms with Gasteiger partial charge in [-0.1, -0.05) is 38.7 Å². The van der Waals surface area contributed by atoms with E-state index >= 15 is 8.78 Å². The molecular formula is C36H43F7O. The van der Waals surface area contributed by atoms with Crippen LogP contribution in [0.4, 0.5) is 30.7 Å². The van der Waals surface area contributed by atoms with Gasteiger partial charge in [0, 0.05) is 5.56 Å². The van der Waals surface area contributed by atoms with Crippen LogP contribution in [0.1, 0.15) is 132 Å². The maximum atomic E-state index is 15.4. The van der Waals surface area contributed by atoms with Gasteiger partial charge in [-0.15, -0.1) is 13.2 Å².